The smallest absolute Gasteiger partial charge is 0.231 e. The number of carbonyl (C=O) groups excluding carboxylic acids is 2. The van der Waals surface area contributed by atoms with E-state index in [9.17, 15) is 9.59 Å². The molecule has 2 fully saturated rings. The topological polar surface area (TPSA) is 89.1 Å². The van der Waals surface area contributed by atoms with Crippen molar-refractivity contribution in [2.75, 3.05) is 52.7 Å². The van der Waals surface area contributed by atoms with E-state index in [1.54, 1.807) is 0 Å². The summed E-state index contributed by atoms with van der Waals surface area (Å²) in [6, 6.07) is 5.83. The monoisotopic (exact) mass is 389 g/mol. The highest BCUT2D eigenvalue weighted by Gasteiger charge is 2.33. The first-order valence-electron chi connectivity index (χ1n) is 9.94. The standard InChI is InChI=1S/C20H27N3O5/c24-19(22-4-3-14-1-2-17-18(9-14)28-13-27-17)15-10-16(12-21-11-15)20(25)23-5-7-26-8-6-23/h1-2,9,15-16,21H,3-8,10-13H2,(H,22,24)/t15-,16+/m1/s1. The predicted octanol–water partition coefficient (Wildman–Crippen LogP) is 0.159. The second-order valence-corrected chi connectivity index (χ2v) is 7.45. The Balaban J connectivity index is 1.24. The van der Waals surface area contributed by atoms with Crippen LogP contribution in [0.3, 0.4) is 0 Å². The van der Waals surface area contributed by atoms with Crippen LogP contribution in [0.15, 0.2) is 18.2 Å². The molecule has 3 heterocycles. The number of hydrogen-bond acceptors (Lipinski definition) is 6. The van der Waals surface area contributed by atoms with Crippen LogP contribution in [0.4, 0.5) is 0 Å². The average Bonchev–Trinajstić information content (AvgIpc) is 3.22. The fourth-order valence-electron chi connectivity index (χ4n) is 3.94. The molecule has 4 rings (SSSR count). The normalized spacial score (nSPS) is 24.1. The summed E-state index contributed by atoms with van der Waals surface area (Å²) in [5.74, 6) is 1.33. The lowest BCUT2D eigenvalue weighted by Crippen LogP contribution is -2.51. The maximum Gasteiger partial charge on any atom is 0.231 e. The third-order valence-corrected chi connectivity index (χ3v) is 5.54. The highest BCUT2D eigenvalue weighted by molar-refractivity contribution is 5.83. The van der Waals surface area contributed by atoms with E-state index in [-0.39, 0.29) is 30.4 Å². The van der Waals surface area contributed by atoms with Crippen LogP contribution in [0.1, 0.15) is 12.0 Å². The van der Waals surface area contributed by atoms with Gasteiger partial charge in [0.1, 0.15) is 0 Å². The largest absolute Gasteiger partial charge is 0.454 e. The molecule has 0 bridgehead atoms. The third kappa shape index (κ3) is 4.39. The molecule has 2 amide bonds. The second-order valence-electron chi connectivity index (χ2n) is 7.45. The number of hydrogen-bond donors (Lipinski definition) is 2. The number of fused-ring (bicyclic) bond motifs is 1. The predicted molar refractivity (Wildman–Crippen MR) is 101 cm³/mol. The van der Waals surface area contributed by atoms with Gasteiger partial charge in [-0.3, -0.25) is 9.59 Å². The Hall–Kier alpha value is -2.32. The fourth-order valence-corrected chi connectivity index (χ4v) is 3.94. The van der Waals surface area contributed by atoms with Crippen molar-refractivity contribution in [3.8, 4) is 11.5 Å². The minimum atomic E-state index is -0.180. The molecule has 0 spiro atoms. The Kier molecular flexibility index (Phi) is 5.97. The van der Waals surface area contributed by atoms with Gasteiger partial charge in [0, 0.05) is 32.7 Å². The molecule has 1 aromatic carbocycles. The number of nitrogens with zero attached hydrogens (tertiary/aromatic N) is 1. The van der Waals surface area contributed by atoms with E-state index >= 15 is 0 Å². The Labute approximate surface area is 164 Å². The lowest BCUT2D eigenvalue weighted by molar-refractivity contribution is -0.141. The number of rotatable bonds is 5. The van der Waals surface area contributed by atoms with Crippen molar-refractivity contribution >= 4 is 11.8 Å². The molecule has 0 aliphatic carbocycles. The van der Waals surface area contributed by atoms with Crippen LogP contribution in [-0.2, 0) is 20.7 Å². The van der Waals surface area contributed by atoms with Gasteiger partial charge in [0.05, 0.1) is 25.0 Å². The van der Waals surface area contributed by atoms with Crippen LogP contribution in [-0.4, -0.2) is 69.4 Å². The summed E-state index contributed by atoms with van der Waals surface area (Å²) in [7, 11) is 0. The molecule has 2 N–H and O–H groups in total. The number of ether oxygens (including phenoxy) is 3. The Bertz CT molecular complexity index is 720. The lowest BCUT2D eigenvalue weighted by atomic mass is 9.88. The summed E-state index contributed by atoms with van der Waals surface area (Å²) in [5, 5.41) is 6.26. The van der Waals surface area contributed by atoms with Gasteiger partial charge in [-0.15, -0.1) is 0 Å². The average molecular weight is 389 g/mol. The van der Waals surface area contributed by atoms with Gasteiger partial charge in [0.25, 0.3) is 0 Å². The van der Waals surface area contributed by atoms with E-state index in [2.05, 4.69) is 10.6 Å². The molecule has 3 aliphatic heterocycles. The summed E-state index contributed by atoms with van der Waals surface area (Å²) < 4.78 is 16.0. The highest BCUT2D eigenvalue weighted by atomic mass is 16.7. The zero-order chi connectivity index (χ0) is 19.3. The molecule has 8 heteroatoms. The van der Waals surface area contributed by atoms with Gasteiger partial charge in [0.15, 0.2) is 11.5 Å². The van der Waals surface area contributed by atoms with E-state index in [0.717, 1.165) is 23.5 Å². The van der Waals surface area contributed by atoms with E-state index in [1.165, 1.54) is 0 Å². The third-order valence-electron chi connectivity index (χ3n) is 5.54. The summed E-state index contributed by atoms with van der Waals surface area (Å²) in [6.07, 6.45) is 1.32. The molecular formula is C20H27N3O5. The summed E-state index contributed by atoms with van der Waals surface area (Å²) in [4.78, 5) is 27.1. The molecule has 8 nitrogen and oxygen atoms in total. The highest BCUT2D eigenvalue weighted by Crippen LogP contribution is 2.32. The van der Waals surface area contributed by atoms with Gasteiger partial charge >= 0.3 is 0 Å². The number of piperidine rings is 1. The molecule has 28 heavy (non-hydrogen) atoms. The van der Waals surface area contributed by atoms with Crippen LogP contribution in [0.5, 0.6) is 11.5 Å². The summed E-state index contributed by atoms with van der Waals surface area (Å²) in [5.41, 5.74) is 1.09. The zero-order valence-corrected chi connectivity index (χ0v) is 15.9. The first kappa shape index (κ1) is 19.0. The van der Waals surface area contributed by atoms with Crippen molar-refractivity contribution in [2.45, 2.75) is 12.8 Å². The maximum absolute atomic E-state index is 12.7. The fraction of sp³-hybridized carbons (Fsp3) is 0.600. The van der Waals surface area contributed by atoms with Crippen molar-refractivity contribution < 1.29 is 23.8 Å². The van der Waals surface area contributed by atoms with E-state index in [4.69, 9.17) is 14.2 Å². The van der Waals surface area contributed by atoms with E-state index < -0.39 is 0 Å². The number of morpholine rings is 1. The first-order chi connectivity index (χ1) is 13.7. The number of nitrogens with one attached hydrogen (secondary N) is 2. The molecule has 2 saturated heterocycles. The molecular weight excluding hydrogens is 362 g/mol. The van der Waals surface area contributed by atoms with Gasteiger partial charge in [0.2, 0.25) is 18.6 Å². The van der Waals surface area contributed by atoms with Crippen LogP contribution >= 0.6 is 0 Å². The second kappa shape index (κ2) is 8.79. The minimum absolute atomic E-state index is 0.00715. The molecule has 0 unspecified atom stereocenters. The first-order valence-corrected chi connectivity index (χ1v) is 9.94. The van der Waals surface area contributed by atoms with Gasteiger partial charge in [-0.25, -0.2) is 0 Å². The molecule has 152 valence electrons. The molecule has 2 atom stereocenters. The Morgan fingerprint density at radius 1 is 1.11 bits per heavy atom. The zero-order valence-electron chi connectivity index (χ0n) is 15.9. The van der Waals surface area contributed by atoms with Crippen molar-refractivity contribution in [2.24, 2.45) is 11.8 Å². The lowest BCUT2D eigenvalue weighted by Gasteiger charge is -2.34. The number of carbonyl (C=O) groups is 2. The quantitative estimate of drug-likeness (QED) is 0.746. The molecule has 0 radical (unpaired) electrons. The summed E-state index contributed by atoms with van der Waals surface area (Å²) in [6.45, 7) is 4.53. The van der Waals surface area contributed by atoms with Gasteiger partial charge in [-0.2, -0.15) is 0 Å². The maximum atomic E-state index is 12.7. The van der Waals surface area contributed by atoms with Crippen LogP contribution in [0.25, 0.3) is 0 Å². The number of benzene rings is 1. The summed E-state index contributed by atoms with van der Waals surface area (Å²) >= 11 is 0. The van der Waals surface area contributed by atoms with E-state index in [1.807, 2.05) is 23.1 Å². The molecule has 1 aromatic rings. The number of amides is 2. The molecule has 0 aromatic heterocycles. The minimum Gasteiger partial charge on any atom is -0.454 e. The van der Waals surface area contributed by atoms with Crippen LogP contribution in [0.2, 0.25) is 0 Å². The van der Waals surface area contributed by atoms with Crippen molar-refractivity contribution in [3.63, 3.8) is 0 Å². The molecule has 0 saturated carbocycles. The van der Waals surface area contributed by atoms with Crippen molar-refractivity contribution in [1.82, 2.24) is 15.5 Å². The SMILES string of the molecule is O=C(NCCc1ccc2c(c1)OCO2)[C@H]1CNC[C@@H](C(=O)N2CCOCC2)C1. The van der Waals surface area contributed by atoms with Crippen LogP contribution in [0, 0.1) is 11.8 Å². The Morgan fingerprint density at radius 3 is 2.75 bits per heavy atom. The van der Waals surface area contributed by atoms with Gasteiger partial charge in [-0.1, -0.05) is 6.07 Å². The van der Waals surface area contributed by atoms with Crippen molar-refractivity contribution in [1.29, 1.82) is 0 Å². The van der Waals surface area contributed by atoms with E-state index in [0.29, 0.717) is 52.4 Å². The Morgan fingerprint density at radius 2 is 1.89 bits per heavy atom. The van der Waals surface area contributed by atoms with Crippen LogP contribution < -0.4 is 20.1 Å². The van der Waals surface area contributed by atoms with Gasteiger partial charge < -0.3 is 29.7 Å². The van der Waals surface area contributed by atoms with Crippen molar-refractivity contribution in [3.05, 3.63) is 23.8 Å². The molecule has 3 aliphatic rings. The van der Waals surface area contributed by atoms with Gasteiger partial charge in [-0.05, 0) is 30.5 Å².